The van der Waals surface area contributed by atoms with E-state index in [9.17, 15) is 0 Å². The minimum atomic E-state index is 0.639. The number of H-pyrrole nitrogens is 1. The topological polar surface area (TPSA) is 42.8 Å². The van der Waals surface area contributed by atoms with E-state index in [2.05, 4.69) is 17.1 Å². The van der Waals surface area contributed by atoms with Crippen molar-refractivity contribution in [2.24, 2.45) is 0 Å². The molecule has 32 heavy (non-hydrogen) atoms. The van der Waals surface area contributed by atoms with Gasteiger partial charge in [0.15, 0.2) is 4.77 Å². The summed E-state index contributed by atoms with van der Waals surface area (Å²) in [7, 11) is 0. The molecule has 2 aromatic carbocycles. The first-order valence-electron chi connectivity index (χ1n) is 12.3. The van der Waals surface area contributed by atoms with Gasteiger partial charge in [-0.3, -0.25) is 9.67 Å². The van der Waals surface area contributed by atoms with Crippen molar-refractivity contribution in [2.75, 3.05) is 0 Å². The monoisotopic (exact) mass is 451 g/mol. The number of nitrogens with one attached hydrogen (secondary N) is 1. The number of aromatic nitrogens is 3. The Morgan fingerprint density at radius 3 is 1.94 bits per heavy atom. The number of hydrogen-bond donors (Lipinski definition) is 1. The smallest absolute Gasteiger partial charge is 0.199 e. The number of para-hydroxylation sites is 1. The summed E-state index contributed by atoms with van der Waals surface area (Å²) < 4.78 is 8.57. The number of benzene rings is 2. The summed E-state index contributed by atoms with van der Waals surface area (Å²) in [5.74, 6) is 2.64. The second kappa shape index (κ2) is 13.9. The summed E-state index contributed by atoms with van der Waals surface area (Å²) >= 11 is 5.49. The second-order valence-corrected chi connectivity index (χ2v) is 8.86. The van der Waals surface area contributed by atoms with E-state index in [1.165, 1.54) is 64.2 Å². The maximum Gasteiger partial charge on any atom is 0.199 e. The molecule has 0 amide bonds. The van der Waals surface area contributed by atoms with E-state index in [0.717, 1.165) is 35.9 Å². The van der Waals surface area contributed by atoms with E-state index < -0.39 is 0 Å². The van der Waals surface area contributed by atoms with Gasteiger partial charge in [-0.05, 0) is 55.0 Å². The van der Waals surface area contributed by atoms with Crippen molar-refractivity contribution in [1.82, 2.24) is 14.8 Å². The van der Waals surface area contributed by atoms with Crippen molar-refractivity contribution in [3.63, 3.8) is 0 Å². The van der Waals surface area contributed by atoms with E-state index >= 15 is 0 Å². The molecule has 0 aliphatic heterocycles. The number of aromatic amines is 1. The molecule has 0 bridgehead atoms. The molecule has 1 heterocycles. The highest BCUT2D eigenvalue weighted by Gasteiger charge is 2.09. The molecule has 1 N–H and O–H groups in total. The number of aryl methyl sites for hydroxylation is 1. The van der Waals surface area contributed by atoms with Crippen LogP contribution in [0.3, 0.4) is 0 Å². The van der Waals surface area contributed by atoms with Crippen molar-refractivity contribution in [2.45, 2.75) is 84.0 Å². The Morgan fingerprint density at radius 1 is 0.750 bits per heavy atom. The first-order chi connectivity index (χ1) is 15.8. The molecule has 0 saturated carbocycles. The summed E-state index contributed by atoms with van der Waals surface area (Å²) in [4.78, 5) is 0. The third-order valence-corrected chi connectivity index (χ3v) is 6.09. The molecule has 0 radical (unpaired) electrons. The van der Waals surface area contributed by atoms with Gasteiger partial charge >= 0.3 is 0 Å². The molecule has 0 unspecified atom stereocenters. The average Bonchev–Trinajstić information content (AvgIpc) is 3.19. The van der Waals surface area contributed by atoms with Crippen molar-refractivity contribution in [3.05, 3.63) is 65.2 Å². The zero-order chi connectivity index (χ0) is 22.4. The molecule has 3 aromatic rings. The second-order valence-electron chi connectivity index (χ2n) is 8.47. The molecule has 0 spiro atoms. The van der Waals surface area contributed by atoms with Crippen LogP contribution in [0.1, 0.15) is 83.4 Å². The van der Waals surface area contributed by atoms with Gasteiger partial charge in [0, 0.05) is 12.1 Å². The third kappa shape index (κ3) is 7.94. The molecular formula is C27H37N3OS. The SMILES string of the molecule is CCCCCCCCCCCCCc1n[nH]c(=S)n1-c1ccc(Oc2ccccc2)cc1. The maximum atomic E-state index is 5.90. The Kier molecular flexibility index (Phi) is 10.5. The van der Waals surface area contributed by atoms with Gasteiger partial charge in [0.25, 0.3) is 0 Å². The molecule has 5 heteroatoms. The standard InChI is InChI=1S/C27H37N3OS/c1-2-3-4-5-6-7-8-9-10-11-15-18-26-28-29-27(32)30(26)23-19-21-25(22-20-23)31-24-16-13-12-14-17-24/h12-14,16-17,19-22H,2-11,15,18H2,1H3,(H,29,32). The zero-order valence-electron chi connectivity index (χ0n) is 19.4. The lowest BCUT2D eigenvalue weighted by atomic mass is 10.1. The van der Waals surface area contributed by atoms with E-state index in [4.69, 9.17) is 17.0 Å². The van der Waals surface area contributed by atoms with E-state index in [1.54, 1.807) is 0 Å². The Hall–Kier alpha value is -2.40. The van der Waals surface area contributed by atoms with Crippen LogP contribution in [0.25, 0.3) is 5.69 Å². The minimum Gasteiger partial charge on any atom is -0.457 e. The summed E-state index contributed by atoms with van der Waals surface area (Å²) in [6, 6.07) is 17.8. The van der Waals surface area contributed by atoms with Gasteiger partial charge in [0.2, 0.25) is 0 Å². The maximum absolute atomic E-state index is 5.90. The Morgan fingerprint density at radius 2 is 1.31 bits per heavy atom. The molecule has 4 nitrogen and oxygen atoms in total. The number of nitrogens with zero attached hydrogens (tertiary/aromatic N) is 2. The quantitative estimate of drug-likeness (QED) is 0.186. The highest BCUT2D eigenvalue weighted by atomic mass is 32.1. The summed E-state index contributed by atoms with van der Waals surface area (Å²) in [5, 5.41) is 7.44. The van der Waals surface area contributed by atoms with Crippen LogP contribution < -0.4 is 4.74 Å². The molecular weight excluding hydrogens is 414 g/mol. The number of hydrogen-bond acceptors (Lipinski definition) is 3. The summed E-state index contributed by atoms with van der Waals surface area (Å²) in [6.45, 7) is 2.28. The molecule has 0 atom stereocenters. The van der Waals surface area contributed by atoms with Crippen LogP contribution in [0, 0.1) is 4.77 Å². The first kappa shape index (κ1) is 24.2. The van der Waals surface area contributed by atoms with E-state index in [0.29, 0.717) is 4.77 Å². The van der Waals surface area contributed by atoms with Crippen LogP contribution in [-0.4, -0.2) is 14.8 Å². The van der Waals surface area contributed by atoms with Crippen LogP contribution >= 0.6 is 12.2 Å². The van der Waals surface area contributed by atoms with Gasteiger partial charge in [0.1, 0.15) is 17.3 Å². The predicted molar refractivity (Wildman–Crippen MR) is 135 cm³/mol. The van der Waals surface area contributed by atoms with Crippen LogP contribution in [0.4, 0.5) is 0 Å². The van der Waals surface area contributed by atoms with E-state index in [-0.39, 0.29) is 0 Å². The van der Waals surface area contributed by atoms with Gasteiger partial charge < -0.3 is 4.74 Å². The van der Waals surface area contributed by atoms with Crippen LogP contribution in [0.5, 0.6) is 11.5 Å². The van der Waals surface area contributed by atoms with Crippen molar-refractivity contribution in [3.8, 4) is 17.2 Å². The highest BCUT2D eigenvalue weighted by Crippen LogP contribution is 2.23. The van der Waals surface area contributed by atoms with Crippen LogP contribution in [-0.2, 0) is 6.42 Å². The summed E-state index contributed by atoms with van der Waals surface area (Å²) in [6.07, 6.45) is 15.7. The number of ether oxygens (including phenoxy) is 1. The Balaban J connectivity index is 1.41. The van der Waals surface area contributed by atoms with Crippen LogP contribution in [0.2, 0.25) is 0 Å². The molecule has 0 fully saturated rings. The minimum absolute atomic E-state index is 0.639. The average molecular weight is 452 g/mol. The van der Waals surface area contributed by atoms with Gasteiger partial charge in [-0.2, -0.15) is 5.10 Å². The molecule has 3 rings (SSSR count). The van der Waals surface area contributed by atoms with E-state index in [1.807, 2.05) is 59.2 Å². The fourth-order valence-electron chi connectivity index (χ4n) is 4.00. The number of rotatable bonds is 15. The first-order valence-corrected chi connectivity index (χ1v) is 12.7. The highest BCUT2D eigenvalue weighted by molar-refractivity contribution is 7.71. The largest absolute Gasteiger partial charge is 0.457 e. The third-order valence-electron chi connectivity index (χ3n) is 5.82. The lowest BCUT2D eigenvalue weighted by Crippen LogP contribution is -2.02. The molecule has 0 aliphatic rings. The normalized spacial score (nSPS) is 11.0. The van der Waals surface area contributed by atoms with Gasteiger partial charge in [0.05, 0.1) is 0 Å². The fourth-order valence-corrected chi connectivity index (χ4v) is 4.26. The molecule has 0 saturated heterocycles. The van der Waals surface area contributed by atoms with Gasteiger partial charge in [-0.15, -0.1) is 0 Å². The zero-order valence-corrected chi connectivity index (χ0v) is 20.2. The lowest BCUT2D eigenvalue weighted by Gasteiger charge is -2.09. The summed E-state index contributed by atoms with van der Waals surface area (Å²) in [5.41, 5.74) is 1.02. The van der Waals surface area contributed by atoms with Crippen molar-refractivity contribution < 1.29 is 4.74 Å². The fraction of sp³-hybridized carbons (Fsp3) is 0.481. The van der Waals surface area contributed by atoms with Crippen molar-refractivity contribution in [1.29, 1.82) is 0 Å². The Bertz CT molecular complexity index is 947. The van der Waals surface area contributed by atoms with Crippen LogP contribution in [0.15, 0.2) is 54.6 Å². The van der Waals surface area contributed by atoms with Crippen molar-refractivity contribution >= 4 is 12.2 Å². The lowest BCUT2D eigenvalue weighted by molar-refractivity contribution is 0.482. The molecule has 0 aliphatic carbocycles. The molecule has 1 aromatic heterocycles. The number of unbranched alkanes of at least 4 members (excludes halogenated alkanes) is 10. The predicted octanol–water partition coefficient (Wildman–Crippen LogP) is 8.58. The van der Waals surface area contributed by atoms with Gasteiger partial charge in [-0.1, -0.05) is 89.3 Å². The molecule has 172 valence electrons. The Labute approximate surface area is 198 Å². The van der Waals surface area contributed by atoms with Gasteiger partial charge in [-0.25, -0.2) is 0 Å².